The van der Waals surface area contributed by atoms with Gasteiger partial charge in [-0.15, -0.1) is 0 Å². The van der Waals surface area contributed by atoms with E-state index in [4.69, 9.17) is 0 Å². The van der Waals surface area contributed by atoms with Crippen LogP contribution in [0.25, 0.3) is 55.5 Å². The first kappa shape index (κ1) is 30.3. The van der Waals surface area contributed by atoms with Crippen LogP contribution in [0.1, 0.15) is 41.3 Å². The van der Waals surface area contributed by atoms with Gasteiger partial charge in [0.1, 0.15) is 0 Å². The van der Waals surface area contributed by atoms with Crippen molar-refractivity contribution in [2.45, 2.75) is 41.0 Å². The van der Waals surface area contributed by atoms with Gasteiger partial charge in [-0.3, -0.25) is 0 Å². The maximum absolute atomic E-state index is 14.1. The summed E-state index contributed by atoms with van der Waals surface area (Å²) in [5.41, 5.74) is 15.6. The number of sulfone groups is 1. The smallest absolute Gasteiger partial charge is 0.206 e. The molecule has 4 heterocycles. The zero-order valence-corrected chi connectivity index (χ0v) is 30.4. The van der Waals surface area contributed by atoms with Crippen LogP contribution in [0, 0.1) is 0 Å². The van der Waals surface area contributed by atoms with E-state index in [-0.39, 0.29) is 11.5 Å². The van der Waals surface area contributed by atoms with Gasteiger partial charge in [0.05, 0.1) is 26.9 Å². The number of aromatic nitrogens is 1. The van der Waals surface area contributed by atoms with E-state index in [1.807, 2.05) is 24.3 Å². The predicted octanol–water partition coefficient (Wildman–Crippen LogP) is 11.4. The predicted molar refractivity (Wildman–Crippen MR) is 220 cm³/mol. The zero-order valence-electron chi connectivity index (χ0n) is 29.6. The summed E-state index contributed by atoms with van der Waals surface area (Å²) in [6.45, 7) is 2.34. The Bertz CT molecular complexity index is 3130. The molecule has 5 heteroatoms. The SMILES string of the molecule is CC12C=C(c3ccc(S(=O)(=O)c4ccc(-c5cc6c7c(n8c9ccccc9c(c5)c68)C=CCC7)cc4)cc3)C=C3c4ccccc4N(c4ccccc41)C32. The lowest BCUT2D eigenvalue weighted by atomic mass is 9.70. The molecule has 2 unspecified atom stereocenters. The Morgan fingerprint density at radius 3 is 2.19 bits per heavy atom. The van der Waals surface area contributed by atoms with Crippen LogP contribution in [0.5, 0.6) is 0 Å². The van der Waals surface area contributed by atoms with Crippen LogP contribution in [0.15, 0.2) is 161 Å². The summed E-state index contributed by atoms with van der Waals surface area (Å²) in [6, 6.07) is 45.7. The number of benzene rings is 6. The Kier molecular flexibility index (Phi) is 5.89. The van der Waals surface area contributed by atoms with Gasteiger partial charge in [0, 0.05) is 44.2 Å². The molecule has 2 atom stereocenters. The van der Waals surface area contributed by atoms with E-state index in [2.05, 4.69) is 125 Å². The molecule has 0 saturated carbocycles. The third kappa shape index (κ3) is 3.84. The molecule has 4 aliphatic rings. The van der Waals surface area contributed by atoms with Crippen LogP contribution in [-0.2, 0) is 21.7 Å². The van der Waals surface area contributed by atoms with Gasteiger partial charge in [-0.25, -0.2) is 8.42 Å². The minimum absolute atomic E-state index is 0.193. The number of para-hydroxylation sites is 3. The van der Waals surface area contributed by atoms with Crippen molar-refractivity contribution in [2.24, 2.45) is 0 Å². The number of fused-ring (bicyclic) bond motifs is 12. The van der Waals surface area contributed by atoms with Crippen LogP contribution in [0.4, 0.5) is 11.4 Å². The van der Waals surface area contributed by atoms with Crippen molar-refractivity contribution in [1.82, 2.24) is 4.40 Å². The fourth-order valence-electron chi connectivity index (χ4n) is 10.2. The Morgan fingerprint density at radius 1 is 0.685 bits per heavy atom. The second kappa shape index (κ2) is 10.5. The highest BCUT2D eigenvalue weighted by Crippen LogP contribution is 2.61. The first-order valence-corrected chi connectivity index (χ1v) is 20.2. The first-order valence-electron chi connectivity index (χ1n) is 18.8. The van der Waals surface area contributed by atoms with Gasteiger partial charge in [0.2, 0.25) is 9.84 Å². The standard InChI is InChI=1S/C49H34N2O2S/c1-49-29-33(28-41-38-12-4-8-16-45(38)51(48(41)49)46-17-9-5-13-42(46)49)31-20-24-35(25-21-31)54(52,53)34-22-18-30(19-23-34)32-26-39-36-10-2-6-14-43(36)50-44-15-7-3-11-37(44)40(27-32)47(39)50/h2,4-10,12-29,48H,3,11H2,1H3. The van der Waals surface area contributed by atoms with Gasteiger partial charge in [-0.1, -0.05) is 91.0 Å². The molecule has 2 aliphatic heterocycles. The molecule has 54 heavy (non-hydrogen) atoms. The molecule has 8 aromatic rings. The molecule has 0 radical (unpaired) electrons. The fraction of sp³-hybridized carbons (Fsp3) is 0.102. The maximum Gasteiger partial charge on any atom is 0.206 e. The summed E-state index contributed by atoms with van der Waals surface area (Å²) in [6.07, 6.45) is 11.3. The van der Waals surface area contributed by atoms with Crippen molar-refractivity contribution in [1.29, 1.82) is 0 Å². The monoisotopic (exact) mass is 714 g/mol. The second-order valence-corrected chi connectivity index (χ2v) is 17.4. The molecule has 0 bridgehead atoms. The Morgan fingerprint density at radius 2 is 1.37 bits per heavy atom. The molecule has 0 amide bonds. The van der Waals surface area contributed by atoms with Gasteiger partial charge in [0.25, 0.3) is 0 Å². The third-order valence-electron chi connectivity index (χ3n) is 12.6. The number of hydrogen-bond donors (Lipinski definition) is 0. The number of hydrogen-bond acceptors (Lipinski definition) is 3. The summed E-state index contributed by atoms with van der Waals surface area (Å²) in [7, 11) is -3.74. The van der Waals surface area contributed by atoms with E-state index in [9.17, 15) is 8.42 Å². The number of aryl methyl sites for hydroxylation is 1. The van der Waals surface area contributed by atoms with Gasteiger partial charge < -0.3 is 9.30 Å². The number of rotatable bonds is 4. The largest absolute Gasteiger partial charge is 0.332 e. The molecule has 0 saturated heterocycles. The highest BCUT2D eigenvalue weighted by atomic mass is 32.2. The Labute approximate surface area is 313 Å². The summed E-state index contributed by atoms with van der Waals surface area (Å²) < 4.78 is 30.5. The average molecular weight is 715 g/mol. The molecule has 12 rings (SSSR count). The molecule has 2 aliphatic carbocycles. The van der Waals surface area contributed by atoms with Crippen molar-refractivity contribution in [3.8, 4) is 11.1 Å². The van der Waals surface area contributed by atoms with E-state index in [1.165, 1.54) is 66.5 Å². The highest BCUT2D eigenvalue weighted by molar-refractivity contribution is 7.91. The van der Waals surface area contributed by atoms with Gasteiger partial charge in [-0.2, -0.15) is 0 Å². The molecule has 4 nitrogen and oxygen atoms in total. The normalized spacial score (nSPS) is 19.6. The molecule has 2 aromatic heterocycles. The van der Waals surface area contributed by atoms with Crippen LogP contribution >= 0.6 is 0 Å². The third-order valence-corrected chi connectivity index (χ3v) is 14.4. The quantitative estimate of drug-likeness (QED) is 0.182. The maximum atomic E-state index is 14.1. The van der Waals surface area contributed by atoms with Crippen molar-refractivity contribution in [2.75, 3.05) is 4.90 Å². The van der Waals surface area contributed by atoms with Crippen LogP contribution in [0.3, 0.4) is 0 Å². The van der Waals surface area contributed by atoms with Crippen LogP contribution in [-0.4, -0.2) is 18.9 Å². The summed E-state index contributed by atoms with van der Waals surface area (Å²) >= 11 is 0. The topological polar surface area (TPSA) is 41.8 Å². The van der Waals surface area contributed by atoms with Crippen molar-refractivity contribution in [3.05, 3.63) is 180 Å². The zero-order chi connectivity index (χ0) is 35.9. The van der Waals surface area contributed by atoms with Gasteiger partial charge in [0.15, 0.2) is 0 Å². The van der Waals surface area contributed by atoms with Crippen molar-refractivity contribution in [3.63, 3.8) is 0 Å². The van der Waals surface area contributed by atoms with Gasteiger partial charge >= 0.3 is 0 Å². The Balaban J connectivity index is 0.898. The fourth-order valence-corrected chi connectivity index (χ4v) is 11.4. The molecule has 0 spiro atoms. The van der Waals surface area contributed by atoms with Gasteiger partial charge in [-0.05, 0) is 125 Å². The lowest BCUT2D eigenvalue weighted by Crippen LogP contribution is -2.38. The summed E-state index contributed by atoms with van der Waals surface area (Å²) in [5.74, 6) is 0. The first-order chi connectivity index (χ1) is 26.4. The average Bonchev–Trinajstić information content (AvgIpc) is 3.93. The van der Waals surface area contributed by atoms with E-state index in [0.29, 0.717) is 9.79 Å². The lowest BCUT2D eigenvalue weighted by molar-refractivity contribution is 0.573. The summed E-state index contributed by atoms with van der Waals surface area (Å²) in [5, 5.41) is 3.76. The summed E-state index contributed by atoms with van der Waals surface area (Å²) in [4.78, 5) is 3.09. The number of allylic oxidation sites excluding steroid dienone is 3. The Hall–Kier alpha value is -6.17. The molecular weight excluding hydrogens is 681 g/mol. The van der Waals surface area contributed by atoms with E-state index >= 15 is 0 Å². The number of anilines is 2. The van der Waals surface area contributed by atoms with E-state index < -0.39 is 9.84 Å². The second-order valence-electron chi connectivity index (χ2n) is 15.4. The lowest BCUT2D eigenvalue weighted by Gasteiger charge is -2.35. The van der Waals surface area contributed by atoms with Crippen LogP contribution < -0.4 is 4.90 Å². The molecular formula is C49H34N2O2S. The van der Waals surface area contributed by atoms with E-state index in [1.54, 1.807) is 24.3 Å². The molecule has 0 N–H and O–H groups in total. The molecule has 0 fully saturated rings. The molecule has 258 valence electrons. The number of nitrogens with zero attached hydrogens (tertiary/aromatic N) is 2. The molecule has 6 aromatic carbocycles. The highest BCUT2D eigenvalue weighted by Gasteiger charge is 2.54. The van der Waals surface area contributed by atoms with E-state index in [0.717, 1.165) is 35.1 Å². The van der Waals surface area contributed by atoms with Crippen molar-refractivity contribution < 1.29 is 8.42 Å². The minimum Gasteiger partial charge on any atom is -0.332 e. The van der Waals surface area contributed by atoms with Crippen LogP contribution in [0.2, 0.25) is 0 Å². The van der Waals surface area contributed by atoms with Crippen molar-refractivity contribution >= 4 is 65.6 Å². The minimum atomic E-state index is -3.74.